The van der Waals surface area contributed by atoms with Crippen LogP contribution in [0.3, 0.4) is 0 Å². The van der Waals surface area contributed by atoms with E-state index < -0.39 is 0 Å². The normalized spacial score (nSPS) is 22.8. The lowest BCUT2D eigenvalue weighted by Crippen LogP contribution is -2.51. The number of fused-ring (bicyclic) bond motifs is 1. The van der Waals surface area contributed by atoms with Crippen molar-refractivity contribution in [3.05, 3.63) is 65.7 Å². The van der Waals surface area contributed by atoms with Crippen molar-refractivity contribution in [1.29, 1.82) is 0 Å². The first kappa shape index (κ1) is 21.4. The van der Waals surface area contributed by atoms with E-state index in [1.54, 1.807) is 0 Å². The van der Waals surface area contributed by atoms with Crippen LogP contribution < -0.4 is 10.1 Å². The number of carbonyl (C=O) groups is 2. The van der Waals surface area contributed by atoms with Crippen LogP contribution in [0.5, 0.6) is 5.75 Å². The van der Waals surface area contributed by atoms with Gasteiger partial charge in [-0.2, -0.15) is 0 Å². The van der Waals surface area contributed by atoms with Crippen LogP contribution in [0.2, 0.25) is 0 Å². The second-order valence-electron chi connectivity index (χ2n) is 8.89. The zero-order chi connectivity index (χ0) is 21.5. The number of amides is 2. The molecule has 2 aromatic carbocycles. The van der Waals surface area contributed by atoms with Crippen LogP contribution >= 0.6 is 0 Å². The maximum absolute atomic E-state index is 13.1. The number of nitrogens with zero attached hydrogens (tertiary/aromatic N) is 1. The lowest BCUT2D eigenvalue weighted by atomic mass is 9.75. The van der Waals surface area contributed by atoms with Gasteiger partial charge in [-0.1, -0.05) is 49.6 Å². The Labute approximate surface area is 184 Å². The summed E-state index contributed by atoms with van der Waals surface area (Å²) in [7, 11) is 0. The average Bonchev–Trinajstić information content (AvgIpc) is 2.83. The summed E-state index contributed by atoms with van der Waals surface area (Å²) in [5.41, 5.74) is 1.24. The third-order valence-corrected chi connectivity index (χ3v) is 6.58. The Balaban J connectivity index is 1.53. The van der Waals surface area contributed by atoms with Gasteiger partial charge in [0.25, 0.3) is 11.8 Å². The second-order valence-corrected chi connectivity index (χ2v) is 8.89. The number of carbonyl (C=O) groups excluding carboxylic acids is 2. The molecule has 1 saturated heterocycles. The van der Waals surface area contributed by atoms with Gasteiger partial charge >= 0.3 is 0 Å². The fraction of sp³-hybridized carbons (Fsp3) is 0.462. The van der Waals surface area contributed by atoms with Crippen LogP contribution in [0.15, 0.2) is 54.6 Å². The van der Waals surface area contributed by atoms with E-state index in [1.807, 2.05) is 59.5 Å². The molecule has 2 amide bonds. The number of rotatable bonds is 1. The zero-order valence-corrected chi connectivity index (χ0v) is 18.1. The van der Waals surface area contributed by atoms with Crippen LogP contribution in [0, 0.1) is 5.41 Å². The van der Waals surface area contributed by atoms with Crippen molar-refractivity contribution in [2.24, 2.45) is 5.41 Å². The molecular weight excluding hydrogens is 388 g/mol. The average molecular weight is 421 g/mol. The first-order valence-electron chi connectivity index (χ1n) is 11.5. The topological polar surface area (TPSA) is 58.6 Å². The van der Waals surface area contributed by atoms with E-state index in [1.165, 1.54) is 0 Å². The number of hydrogen-bond acceptors (Lipinski definition) is 3. The molecule has 0 bridgehead atoms. The van der Waals surface area contributed by atoms with Gasteiger partial charge in [-0.05, 0) is 49.9 Å². The van der Waals surface area contributed by atoms with Gasteiger partial charge < -0.3 is 15.0 Å². The summed E-state index contributed by atoms with van der Waals surface area (Å²) in [5, 5.41) is 3.18. The molecule has 0 aromatic heterocycles. The molecule has 31 heavy (non-hydrogen) atoms. The number of benzene rings is 2. The third kappa shape index (κ3) is 5.27. The van der Waals surface area contributed by atoms with E-state index in [9.17, 15) is 9.59 Å². The Morgan fingerprint density at radius 3 is 2.52 bits per heavy atom. The molecule has 0 radical (unpaired) electrons. The van der Waals surface area contributed by atoms with Gasteiger partial charge in [-0.15, -0.1) is 0 Å². The summed E-state index contributed by atoms with van der Waals surface area (Å²) < 4.78 is 5.89. The fourth-order valence-corrected chi connectivity index (χ4v) is 4.86. The molecule has 5 heteroatoms. The van der Waals surface area contributed by atoms with E-state index >= 15 is 0 Å². The number of hydrogen-bond donors (Lipinski definition) is 1. The number of ether oxygens (including phenoxy) is 1. The number of nitrogens with one attached hydrogen (secondary N) is 1. The molecule has 1 unspecified atom stereocenters. The van der Waals surface area contributed by atoms with Crippen molar-refractivity contribution in [2.75, 3.05) is 26.2 Å². The first-order valence-corrected chi connectivity index (χ1v) is 11.5. The minimum absolute atomic E-state index is 0.0811. The van der Waals surface area contributed by atoms with Gasteiger partial charge in [-0.25, -0.2) is 0 Å². The Morgan fingerprint density at radius 2 is 1.65 bits per heavy atom. The quantitative estimate of drug-likeness (QED) is 0.729. The van der Waals surface area contributed by atoms with Crippen LogP contribution in [-0.4, -0.2) is 43.0 Å². The fourth-order valence-electron chi connectivity index (χ4n) is 4.86. The van der Waals surface area contributed by atoms with Gasteiger partial charge in [0.2, 0.25) is 0 Å². The molecule has 2 aromatic rings. The molecule has 2 aliphatic heterocycles. The van der Waals surface area contributed by atoms with Crippen molar-refractivity contribution in [1.82, 2.24) is 10.2 Å². The van der Waals surface area contributed by atoms with E-state index in [0.717, 1.165) is 57.1 Å². The van der Waals surface area contributed by atoms with Crippen molar-refractivity contribution in [2.45, 2.75) is 44.9 Å². The third-order valence-electron chi connectivity index (χ3n) is 6.58. The number of para-hydroxylation sites is 1. The Morgan fingerprint density at radius 1 is 0.903 bits per heavy atom. The zero-order valence-electron chi connectivity index (χ0n) is 18.1. The second kappa shape index (κ2) is 9.99. The van der Waals surface area contributed by atoms with Crippen molar-refractivity contribution in [3.8, 4) is 5.75 Å². The van der Waals surface area contributed by atoms with Gasteiger partial charge in [0.15, 0.2) is 0 Å². The van der Waals surface area contributed by atoms with Gasteiger partial charge in [0.05, 0.1) is 12.2 Å². The van der Waals surface area contributed by atoms with Crippen LogP contribution in [-0.2, 0) is 0 Å². The monoisotopic (exact) mass is 420 g/mol. The van der Waals surface area contributed by atoms with Crippen LogP contribution in [0.1, 0.15) is 65.7 Å². The molecule has 0 saturated carbocycles. The molecule has 1 N–H and O–H groups in total. The van der Waals surface area contributed by atoms with E-state index in [0.29, 0.717) is 31.0 Å². The molecule has 1 fully saturated rings. The van der Waals surface area contributed by atoms with Crippen LogP contribution in [0.25, 0.3) is 0 Å². The highest BCUT2D eigenvalue weighted by Gasteiger charge is 2.37. The largest absolute Gasteiger partial charge is 0.493 e. The Hall–Kier alpha value is -2.82. The number of likely N-dealkylation sites (tertiary alicyclic amines) is 1. The number of piperidine rings is 1. The summed E-state index contributed by atoms with van der Waals surface area (Å²) in [6, 6.07) is 17.0. The minimum atomic E-state index is -0.0965. The SMILES string of the molecule is O=C1NCC2(CCCCCCOc3ccccc31)CCCN(C(=O)c1ccccc1)C2. The molecule has 1 spiro atoms. The maximum Gasteiger partial charge on any atom is 0.255 e. The molecule has 164 valence electrons. The highest BCUT2D eigenvalue weighted by atomic mass is 16.5. The predicted molar refractivity (Wildman–Crippen MR) is 121 cm³/mol. The molecular formula is C26H32N2O3. The Bertz CT molecular complexity index is 899. The smallest absolute Gasteiger partial charge is 0.255 e. The van der Waals surface area contributed by atoms with E-state index in [4.69, 9.17) is 4.74 Å². The molecule has 1 atom stereocenters. The standard InChI is InChI=1S/C26H32N2O3/c29-24-22-13-6-7-14-23(22)31-18-9-2-1-8-15-26(19-27-24)16-10-17-28(20-26)25(30)21-11-4-3-5-12-21/h3-7,11-14H,1-2,8-10,15-20H2,(H,27,29). The summed E-state index contributed by atoms with van der Waals surface area (Å²) in [6.07, 6.45) is 7.38. The molecule has 0 aliphatic carbocycles. The lowest BCUT2D eigenvalue weighted by molar-refractivity contribution is 0.0471. The molecule has 4 rings (SSSR count). The van der Waals surface area contributed by atoms with Crippen molar-refractivity contribution in [3.63, 3.8) is 0 Å². The van der Waals surface area contributed by atoms with Gasteiger partial charge in [0.1, 0.15) is 5.75 Å². The van der Waals surface area contributed by atoms with E-state index in [-0.39, 0.29) is 17.2 Å². The molecule has 5 nitrogen and oxygen atoms in total. The van der Waals surface area contributed by atoms with Gasteiger partial charge in [-0.3, -0.25) is 9.59 Å². The molecule has 2 heterocycles. The lowest BCUT2D eigenvalue weighted by Gasteiger charge is -2.43. The summed E-state index contributed by atoms with van der Waals surface area (Å²) in [6.45, 7) is 2.69. The van der Waals surface area contributed by atoms with Crippen molar-refractivity contribution >= 4 is 11.8 Å². The summed E-state index contributed by atoms with van der Waals surface area (Å²) in [5.74, 6) is 0.645. The summed E-state index contributed by atoms with van der Waals surface area (Å²) in [4.78, 5) is 28.1. The predicted octanol–water partition coefficient (Wildman–Crippen LogP) is 4.68. The highest BCUT2D eigenvalue weighted by molar-refractivity contribution is 5.97. The highest BCUT2D eigenvalue weighted by Crippen LogP contribution is 2.36. The summed E-state index contributed by atoms with van der Waals surface area (Å²) >= 11 is 0. The Kier molecular flexibility index (Phi) is 6.90. The van der Waals surface area contributed by atoms with Gasteiger partial charge in [0, 0.05) is 30.6 Å². The van der Waals surface area contributed by atoms with Crippen molar-refractivity contribution < 1.29 is 14.3 Å². The molecule has 2 aliphatic rings. The minimum Gasteiger partial charge on any atom is -0.493 e. The van der Waals surface area contributed by atoms with E-state index in [2.05, 4.69) is 5.32 Å². The van der Waals surface area contributed by atoms with Crippen LogP contribution in [0.4, 0.5) is 0 Å². The first-order chi connectivity index (χ1) is 15.2. The maximum atomic E-state index is 13.1.